The Bertz CT molecular complexity index is 821. The normalized spacial score (nSPS) is 11.7. The molecule has 2 rings (SSSR count). The highest BCUT2D eigenvalue weighted by molar-refractivity contribution is 5.87. The second-order valence-electron chi connectivity index (χ2n) is 8.27. The minimum atomic E-state index is -0.521. The second kappa shape index (κ2) is 13.4. The largest absolute Gasteiger partial charge is 0.497 e. The van der Waals surface area contributed by atoms with Crippen molar-refractivity contribution in [3.05, 3.63) is 60.2 Å². The molecule has 0 aliphatic heterocycles. The molecule has 0 aliphatic carbocycles. The second-order valence-corrected chi connectivity index (χ2v) is 8.27. The smallest absolute Gasteiger partial charge is 0.242 e. The lowest BCUT2D eigenvalue weighted by molar-refractivity contribution is -0.140. The van der Waals surface area contributed by atoms with Gasteiger partial charge in [0.2, 0.25) is 11.8 Å². The first-order chi connectivity index (χ1) is 15.4. The van der Waals surface area contributed by atoms with Gasteiger partial charge in [-0.2, -0.15) is 0 Å². The number of ether oxygens (including phenoxy) is 2. The summed E-state index contributed by atoms with van der Waals surface area (Å²) in [5.41, 5.74) is 1.14. The highest BCUT2D eigenvalue weighted by Crippen LogP contribution is 2.17. The Labute approximate surface area is 191 Å². The zero-order valence-corrected chi connectivity index (χ0v) is 19.7. The standard InChI is InChI=1S/C26H36N2O4/c1-20(2)19-27-26(30)21(3)28(17-16-22-9-6-5-7-10-22)25(29)11-8-18-32-24-14-12-23(31-4)13-15-24/h5-7,9-10,12-15,20-21H,8,11,16-19H2,1-4H3,(H,27,30)/t21-/m1/s1. The molecule has 2 amide bonds. The van der Waals surface area contributed by atoms with Gasteiger partial charge in [-0.25, -0.2) is 0 Å². The Kier molecular flexibility index (Phi) is 10.6. The molecule has 2 aromatic carbocycles. The van der Waals surface area contributed by atoms with Gasteiger partial charge in [0, 0.05) is 19.5 Å². The monoisotopic (exact) mass is 440 g/mol. The maximum Gasteiger partial charge on any atom is 0.242 e. The molecule has 0 heterocycles. The quantitative estimate of drug-likeness (QED) is 0.477. The van der Waals surface area contributed by atoms with Crippen molar-refractivity contribution in [2.24, 2.45) is 5.92 Å². The van der Waals surface area contributed by atoms with E-state index in [2.05, 4.69) is 5.32 Å². The number of rotatable bonds is 13. The number of nitrogens with one attached hydrogen (secondary N) is 1. The SMILES string of the molecule is COc1ccc(OCCCC(=O)N(CCc2ccccc2)[C@H](C)C(=O)NCC(C)C)cc1. The predicted molar refractivity (Wildman–Crippen MR) is 127 cm³/mol. The molecular weight excluding hydrogens is 404 g/mol. The molecule has 0 fully saturated rings. The number of carbonyl (C=O) groups excluding carboxylic acids is 2. The summed E-state index contributed by atoms with van der Waals surface area (Å²) in [6.45, 7) is 7.42. The average Bonchev–Trinajstić information content (AvgIpc) is 2.81. The van der Waals surface area contributed by atoms with Crippen LogP contribution in [0.5, 0.6) is 11.5 Å². The van der Waals surface area contributed by atoms with Gasteiger partial charge < -0.3 is 19.7 Å². The highest BCUT2D eigenvalue weighted by atomic mass is 16.5. The lowest BCUT2D eigenvalue weighted by atomic mass is 10.1. The Morgan fingerprint density at radius 3 is 2.25 bits per heavy atom. The van der Waals surface area contributed by atoms with E-state index < -0.39 is 6.04 Å². The topological polar surface area (TPSA) is 67.9 Å². The van der Waals surface area contributed by atoms with Gasteiger partial charge >= 0.3 is 0 Å². The molecule has 0 spiro atoms. The van der Waals surface area contributed by atoms with E-state index in [4.69, 9.17) is 9.47 Å². The molecule has 0 radical (unpaired) electrons. The van der Waals surface area contributed by atoms with Crippen molar-refractivity contribution in [3.63, 3.8) is 0 Å². The Morgan fingerprint density at radius 1 is 0.969 bits per heavy atom. The molecule has 0 saturated carbocycles. The number of amides is 2. The van der Waals surface area contributed by atoms with Crippen molar-refractivity contribution in [2.45, 2.75) is 46.1 Å². The van der Waals surface area contributed by atoms with Crippen LogP contribution in [-0.2, 0) is 16.0 Å². The molecular formula is C26H36N2O4. The summed E-state index contributed by atoms with van der Waals surface area (Å²) in [7, 11) is 1.62. The number of hydrogen-bond acceptors (Lipinski definition) is 4. The third-order valence-corrected chi connectivity index (χ3v) is 5.20. The van der Waals surface area contributed by atoms with Crippen LogP contribution in [0.3, 0.4) is 0 Å². The minimum absolute atomic E-state index is 0.0357. The van der Waals surface area contributed by atoms with E-state index in [0.29, 0.717) is 44.9 Å². The van der Waals surface area contributed by atoms with Crippen LogP contribution in [0, 0.1) is 5.92 Å². The minimum Gasteiger partial charge on any atom is -0.497 e. The predicted octanol–water partition coefficient (Wildman–Crippen LogP) is 4.09. The van der Waals surface area contributed by atoms with E-state index >= 15 is 0 Å². The van der Waals surface area contributed by atoms with E-state index in [0.717, 1.165) is 17.1 Å². The Balaban J connectivity index is 1.91. The zero-order valence-electron chi connectivity index (χ0n) is 19.7. The van der Waals surface area contributed by atoms with Gasteiger partial charge in [-0.05, 0) is 55.5 Å². The van der Waals surface area contributed by atoms with Crippen molar-refractivity contribution in [1.82, 2.24) is 10.2 Å². The number of nitrogens with zero attached hydrogens (tertiary/aromatic N) is 1. The van der Waals surface area contributed by atoms with Crippen molar-refractivity contribution in [1.29, 1.82) is 0 Å². The summed E-state index contributed by atoms with van der Waals surface area (Å²) in [6, 6.07) is 16.8. The lowest BCUT2D eigenvalue weighted by Crippen LogP contribution is -2.49. The number of hydrogen-bond donors (Lipinski definition) is 1. The first-order valence-corrected chi connectivity index (χ1v) is 11.3. The average molecular weight is 441 g/mol. The summed E-state index contributed by atoms with van der Waals surface area (Å²) in [5, 5.41) is 2.95. The summed E-state index contributed by atoms with van der Waals surface area (Å²) in [4.78, 5) is 27.3. The van der Waals surface area contributed by atoms with E-state index in [-0.39, 0.29) is 11.8 Å². The van der Waals surface area contributed by atoms with Gasteiger partial charge in [0.25, 0.3) is 0 Å². The van der Waals surface area contributed by atoms with Crippen molar-refractivity contribution in [3.8, 4) is 11.5 Å². The van der Waals surface area contributed by atoms with Gasteiger partial charge in [-0.1, -0.05) is 44.2 Å². The van der Waals surface area contributed by atoms with E-state index in [1.807, 2.05) is 68.4 Å². The zero-order chi connectivity index (χ0) is 23.3. The van der Waals surface area contributed by atoms with Gasteiger partial charge in [-0.3, -0.25) is 9.59 Å². The number of benzene rings is 2. The lowest BCUT2D eigenvalue weighted by Gasteiger charge is -2.29. The Morgan fingerprint density at radius 2 is 1.62 bits per heavy atom. The van der Waals surface area contributed by atoms with Crippen molar-refractivity contribution >= 4 is 11.8 Å². The molecule has 0 aliphatic rings. The third kappa shape index (κ3) is 8.61. The van der Waals surface area contributed by atoms with E-state index in [1.54, 1.807) is 18.9 Å². The van der Waals surface area contributed by atoms with Crippen LogP contribution in [0.25, 0.3) is 0 Å². The molecule has 6 nitrogen and oxygen atoms in total. The van der Waals surface area contributed by atoms with Crippen LogP contribution in [0.1, 0.15) is 39.2 Å². The van der Waals surface area contributed by atoms with Crippen LogP contribution in [0.15, 0.2) is 54.6 Å². The molecule has 1 atom stereocenters. The van der Waals surface area contributed by atoms with Crippen LogP contribution >= 0.6 is 0 Å². The maximum absolute atomic E-state index is 13.0. The number of carbonyl (C=O) groups is 2. The summed E-state index contributed by atoms with van der Waals surface area (Å²) >= 11 is 0. The molecule has 6 heteroatoms. The Hall–Kier alpha value is -3.02. The van der Waals surface area contributed by atoms with Gasteiger partial charge in [0.1, 0.15) is 17.5 Å². The molecule has 0 unspecified atom stereocenters. The summed E-state index contributed by atoms with van der Waals surface area (Å²) in [6.07, 6.45) is 1.61. The fourth-order valence-corrected chi connectivity index (χ4v) is 3.25. The third-order valence-electron chi connectivity index (χ3n) is 5.20. The molecule has 0 aromatic heterocycles. The highest BCUT2D eigenvalue weighted by Gasteiger charge is 2.25. The molecule has 0 bridgehead atoms. The molecule has 1 N–H and O–H groups in total. The van der Waals surface area contributed by atoms with Crippen LogP contribution in [-0.4, -0.2) is 49.6 Å². The molecule has 2 aromatic rings. The number of methoxy groups -OCH3 is 1. The molecule has 174 valence electrons. The van der Waals surface area contributed by atoms with Gasteiger partial charge in [-0.15, -0.1) is 0 Å². The van der Waals surface area contributed by atoms with E-state index in [9.17, 15) is 9.59 Å². The van der Waals surface area contributed by atoms with Gasteiger partial charge in [0.05, 0.1) is 13.7 Å². The fourth-order valence-electron chi connectivity index (χ4n) is 3.25. The summed E-state index contributed by atoms with van der Waals surface area (Å²) in [5.74, 6) is 1.71. The van der Waals surface area contributed by atoms with Crippen molar-refractivity contribution in [2.75, 3.05) is 26.8 Å². The van der Waals surface area contributed by atoms with Crippen LogP contribution < -0.4 is 14.8 Å². The van der Waals surface area contributed by atoms with E-state index in [1.165, 1.54) is 0 Å². The molecule has 32 heavy (non-hydrogen) atoms. The van der Waals surface area contributed by atoms with Crippen LogP contribution in [0.2, 0.25) is 0 Å². The van der Waals surface area contributed by atoms with Gasteiger partial charge in [0.15, 0.2) is 0 Å². The van der Waals surface area contributed by atoms with Crippen LogP contribution in [0.4, 0.5) is 0 Å². The first-order valence-electron chi connectivity index (χ1n) is 11.3. The fraction of sp³-hybridized carbons (Fsp3) is 0.462. The summed E-state index contributed by atoms with van der Waals surface area (Å²) < 4.78 is 10.9. The molecule has 0 saturated heterocycles. The maximum atomic E-state index is 13.0. The van der Waals surface area contributed by atoms with Crippen molar-refractivity contribution < 1.29 is 19.1 Å². The first kappa shape index (κ1) is 25.2.